The van der Waals surface area contributed by atoms with Crippen LogP contribution in [0.15, 0.2) is 18.2 Å². The molecule has 2 atom stereocenters. The van der Waals surface area contributed by atoms with Gasteiger partial charge in [-0.25, -0.2) is 4.39 Å². The Balaban J connectivity index is 3.12. The lowest BCUT2D eigenvalue weighted by Crippen LogP contribution is -2.24. The van der Waals surface area contributed by atoms with Gasteiger partial charge < -0.3 is 10.8 Å². The Labute approximate surface area is 81.1 Å². The van der Waals surface area contributed by atoms with Gasteiger partial charge in [0.25, 0.3) is 0 Å². The molecule has 0 aliphatic carbocycles. The molecule has 0 fully saturated rings. The van der Waals surface area contributed by atoms with Gasteiger partial charge in [0, 0.05) is 10.6 Å². The van der Waals surface area contributed by atoms with Crippen molar-refractivity contribution in [3.63, 3.8) is 0 Å². The van der Waals surface area contributed by atoms with Crippen molar-refractivity contribution < 1.29 is 9.50 Å². The van der Waals surface area contributed by atoms with Crippen molar-refractivity contribution in [1.29, 1.82) is 0 Å². The first-order valence-electron chi connectivity index (χ1n) is 3.91. The summed E-state index contributed by atoms with van der Waals surface area (Å²) in [5.41, 5.74) is 5.73. The molecular weight excluding hydrogens is 193 g/mol. The van der Waals surface area contributed by atoms with E-state index in [-0.39, 0.29) is 10.6 Å². The number of halogens is 2. The van der Waals surface area contributed by atoms with Gasteiger partial charge >= 0.3 is 0 Å². The molecule has 0 amide bonds. The highest BCUT2D eigenvalue weighted by Gasteiger charge is 2.18. The second-order valence-electron chi connectivity index (χ2n) is 2.90. The topological polar surface area (TPSA) is 46.2 Å². The van der Waals surface area contributed by atoms with E-state index in [2.05, 4.69) is 0 Å². The highest BCUT2D eigenvalue weighted by atomic mass is 35.5. The second-order valence-corrected chi connectivity index (χ2v) is 3.31. The second kappa shape index (κ2) is 4.05. The van der Waals surface area contributed by atoms with Crippen molar-refractivity contribution >= 4 is 11.6 Å². The van der Waals surface area contributed by atoms with Gasteiger partial charge in [0.15, 0.2) is 0 Å². The minimum Gasteiger partial charge on any atom is -0.391 e. The monoisotopic (exact) mass is 203 g/mol. The van der Waals surface area contributed by atoms with Crippen molar-refractivity contribution in [2.24, 2.45) is 5.73 Å². The van der Waals surface area contributed by atoms with Crippen molar-refractivity contribution in [3.8, 4) is 0 Å². The molecule has 0 aliphatic heterocycles. The normalized spacial score (nSPS) is 15.5. The minimum absolute atomic E-state index is 0.166. The van der Waals surface area contributed by atoms with Gasteiger partial charge in [0.05, 0.1) is 12.1 Å². The quantitative estimate of drug-likeness (QED) is 0.771. The third kappa shape index (κ3) is 2.18. The molecule has 13 heavy (non-hydrogen) atoms. The van der Waals surface area contributed by atoms with E-state index in [1.54, 1.807) is 6.07 Å². The molecular formula is C9H11ClFNO. The fraction of sp³-hybridized carbons (Fsp3) is 0.333. The van der Waals surface area contributed by atoms with Gasteiger partial charge in [-0.15, -0.1) is 0 Å². The third-order valence-corrected chi connectivity index (χ3v) is 2.18. The lowest BCUT2D eigenvalue weighted by atomic mass is 10.0. The Morgan fingerprint density at radius 3 is 2.62 bits per heavy atom. The van der Waals surface area contributed by atoms with Crippen molar-refractivity contribution in [2.75, 3.05) is 0 Å². The molecule has 72 valence electrons. The van der Waals surface area contributed by atoms with Crippen LogP contribution in [0.1, 0.15) is 18.5 Å². The number of aliphatic hydroxyl groups is 1. The first kappa shape index (κ1) is 10.4. The largest absolute Gasteiger partial charge is 0.391 e. The number of benzene rings is 1. The third-order valence-electron chi connectivity index (χ3n) is 1.85. The maximum Gasteiger partial charge on any atom is 0.129 e. The minimum atomic E-state index is -0.825. The summed E-state index contributed by atoms with van der Waals surface area (Å²) >= 11 is 5.74. The van der Waals surface area contributed by atoms with Crippen LogP contribution in [0.25, 0.3) is 0 Å². The molecule has 1 aromatic carbocycles. The van der Waals surface area contributed by atoms with E-state index in [0.717, 1.165) is 0 Å². The van der Waals surface area contributed by atoms with Crippen LogP contribution in [0, 0.1) is 5.82 Å². The smallest absolute Gasteiger partial charge is 0.129 e. The summed E-state index contributed by atoms with van der Waals surface area (Å²) < 4.78 is 13.2. The number of aliphatic hydroxyl groups excluding tert-OH is 1. The molecule has 3 N–H and O–H groups in total. The Kier molecular flexibility index (Phi) is 3.25. The lowest BCUT2D eigenvalue weighted by molar-refractivity contribution is 0.162. The molecule has 0 spiro atoms. The first-order valence-corrected chi connectivity index (χ1v) is 4.29. The van der Waals surface area contributed by atoms with Crippen LogP contribution in [0.3, 0.4) is 0 Å². The van der Waals surface area contributed by atoms with E-state index in [1.807, 2.05) is 0 Å². The number of hydrogen-bond donors (Lipinski definition) is 2. The highest BCUT2D eigenvalue weighted by Crippen LogP contribution is 2.26. The summed E-state index contributed by atoms with van der Waals surface area (Å²) in [7, 11) is 0. The van der Waals surface area contributed by atoms with E-state index in [1.165, 1.54) is 19.1 Å². The number of rotatable bonds is 2. The summed E-state index contributed by atoms with van der Waals surface area (Å²) in [6.07, 6.45) is -0.825. The average Bonchev–Trinajstić information content (AvgIpc) is 2.03. The van der Waals surface area contributed by atoms with Gasteiger partial charge in [0.1, 0.15) is 5.82 Å². The SMILES string of the molecule is C[C@@H](O)[C@@H](N)c1c(F)cccc1Cl. The van der Waals surface area contributed by atoms with Crippen LogP contribution in [0.2, 0.25) is 5.02 Å². The summed E-state index contributed by atoms with van der Waals surface area (Å²) in [6, 6.07) is 3.52. The lowest BCUT2D eigenvalue weighted by Gasteiger charge is -2.16. The molecule has 0 aromatic heterocycles. The van der Waals surface area contributed by atoms with Crippen LogP contribution in [-0.4, -0.2) is 11.2 Å². The van der Waals surface area contributed by atoms with Crippen LogP contribution >= 0.6 is 11.6 Å². The number of hydrogen-bond acceptors (Lipinski definition) is 2. The number of nitrogens with two attached hydrogens (primary N) is 1. The van der Waals surface area contributed by atoms with Crippen molar-refractivity contribution in [2.45, 2.75) is 19.1 Å². The zero-order valence-corrected chi connectivity index (χ0v) is 7.92. The van der Waals surface area contributed by atoms with Crippen molar-refractivity contribution in [3.05, 3.63) is 34.6 Å². The summed E-state index contributed by atoms with van der Waals surface area (Å²) in [4.78, 5) is 0. The molecule has 0 unspecified atom stereocenters. The van der Waals surface area contributed by atoms with Crippen LogP contribution in [-0.2, 0) is 0 Å². The molecule has 0 bridgehead atoms. The molecule has 0 radical (unpaired) electrons. The Morgan fingerprint density at radius 1 is 1.54 bits per heavy atom. The average molecular weight is 204 g/mol. The molecule has 2 nitrogen and oxygen atoms in total. The molecule has 1 aromatic rings. The van der Waals surface area contributed by atoms with Crippen LogP contribution < -0.4 is 5.73 Å². The summed E-state index contributed by atoms with van der Waals surface area (Å²) in [5.74, 6) is -0.485. The Morgan fingerprint density at radius 2 is 2.15 bits per heavy atom. The maximum atomic E-state index is 13.2. The van der Waals surface area contributed by atoms with Gasteiger partial charge in [-0.3, -0.25) is 0 Å². The molecule has 0 aliphatic rings. The van der Waals surface area contributed by atoms with Gasteiger partial charge in [-0.2, -0.15) is 0 Å². The standard InChI is InChI=1S/C9H11ClFNO/c1-5(13)9(12)8-6(10)3-2-4-7(8)11/h2-5,9,13H,12H2,1H3/t5-,9-/m1/s1. The highest BCUT2D eigenvalue weighted by molar-refractivity contribution is 6.31. The van der Waals surface area contributed by atoms with Gasteiger partial charge in [-0.1, -0.05) is 17.7 Å². The first-order chi connectivity index (χ1) is 6.04. The van der Waals surface area contributed by atoms with E-state index >= 15 is 0 Å². The van der Waals surface area contributed by atoms with Crippen LogP contribution in [0.4, 0.5) is 4.39 Å². The van der Waals surface area contributed by atoms with E-state index in [9.17, 15) is 9.50 Å². The van der Waals surface area contributed by atoms with Gasteiger partial charge in [-0.05, 0) is 19.1 Å². The molecule has 0 saturated heterocycles. The van der Waals surface area contributed by atoms with Crippen LogP contribution in [0.5, 0.6) is 0 Å². The van der Waals surface area contributed by atoms with Crippen molar-refractivity contribution in [1.82, 2.24) is 0 Å². The molecule has 4 heteroatoms. The Hall–Kier alpha value is -0.640. The molecule has 0 heterocycles. The fourth-order valence-electron chi connectivity index (χ4n) is 1.07. The predicted octanol–water partition coefficient (Wildman–Crippen LogP) is 1.86. The molecule has 0 saturated carbocycles. The predicted molar refractivity (Wildman–Crippen MR) is 50.0 cm³/mol. The summed E-state index contributed by atoms with van der Waals surface area (Å²) in [6.45, 7) is 1.49. The zero-order valence-electron chi connectivity index (χ0n) is 7.17. The zero-order chi connectivity index (χ0) is 10.0. The van der Waals surface area contributed by atoms with E-state index in [4.69, 9.17) is 17.3 Å². The summed E-state index contributed by atoms with van der Waals surface area (Å²) in [5, 5.41) is 9.42. The molecule has 1 rings (SSSR count). The van der Waals surface area contributed by atoms with Gasteiger partial charge in [0.2, 0.25) is 0 Å². The maximum absolute atomic E-state index is 13.2. The van der Waals surface area contributed by atoms with E-state index in [0.29, 0.717) is 0 Å². The van der Waals surface area contributed by atoms with E-state index < -0.39 is 18.0 Å². The Bertz CT molecular complexity index is 283. The fourth-order valence-corrected chi connectivity index (χ4v) is 1.36.